The van der Waals surface area contributed by atoms with E-state index in [9.17, 15) is 9.59 Å². The molecule has 0 atom stereocenters. The van der Waals surface area contributed by atoms with Crippen molar-refractivity contribution in [2.75, 3.05) is 0 Å². The highest BCUT2D eigenvalue weighted by Gasteiger charge is 2.01. The van der Waals surface area contributed by atoms with E-state index in [-0.39, 0.29) is 11.6 Å². The molecule has 6 heteroatoms. The van der Waals surface area contributed by atoms with Crippen molar-refractivity contribution in [1.29, 1.82) is 0 Å². The highest BCUT2D eigenvalue weighted by molar-refractivity contribution is 7.81. The average Bonchev–Trinajstić information content (AvgIpc) is 2.27. The fourth-order valence-corrected chi connectivity index (χ4v) is 7.95. The van der Waals surface area contributed by atoms with Gasteiger partial charge in [0.05, 0.1) is 0 Å². The molecule has 1 rings (SSSR count). The van der Waals surface area contributed by atoms with Crippen LogP contribution >= 0.6 is 41.4 Å². The highest BCUT2D eigenvalue weighted by Crippen LogP contribution is 2.08. The van der Waals surface area contributed by atoms with Crippen LogP contribution in [0.25, 0.3) is 11.1 Å². The fourth-order valence-electron chi connectivity index (χ4n) is 0.717. The van der Waals surface area contributed by atoms with E-state index in [1.807, 2.05) is 13.8 Å². The normalized spacial score (nSPS) is 9.75. The first-order chi connectivity index (χ1) is 7.43. The zero-order valence-electron chi connectivity index (χ0n) is 9.45. The van der Waals surface area contributed by atoms with Crippen LogP contribution in [0.3, 0.4) is 0 Å². The van der Waals surface area contributed by atoms with Crippen LogP contribution in [0.1, 0.15) is 27.7 Å². The molecule has 0 aliphatic heterocycles. The number of rotatable bonds is 2. The first-order valence-corrected chi connectivity index (χ1v) is 8.86. The number of hydrogen-bond donors (Lipinski definition) is 0. The summed E-state index contributed by atoms with van der Waals surface area (Å²) in [4.78, 5) is 22.4. The number of ketones is 2. The monoisotopic (exact) mass is 292 g/mol. The van der Waals surface area contributed by atoms with E-state index in [0.29, 0.717) is 0 Å². The van der Waals surface area contributed by atoms with Crippen molar-refractivity contribution in [3.8, 4) is 0 Å². The molecular formula is C10H12O2S4. The summed E-state index contributed by atoms with van der Waals surface area (Å²) in [5, 5.41) is 0. The molecule has 0 unspecified atom stereocenters. The third kappa shape index (κ3) is 3.35. The van der Waals surface area contributed by atoms with Crippen molar-refractivity contribution >= 4 is 64.1 Å². The van der Waals surface area contributed by atoms with Crippen molar-refractivity contribution < 1.29 is 9.59 Å². The Morgan fingerprint density at radius 2 is 0.938 bits per heavy atom. The van der Waals surface area contributed by atoms with Gasteiger partial charge in [-0.15, -0.1) is 0 Å². The minimum Gasteiger partial charge on any atom is -0.295 e. The van der Waals surface area contributed by atoms with Gasteiger partial charge in [-0.05, 0) is 27.7 Å². The molecule has 0 N–H and O–H groups in total. The maximum Gasteiger partial charge on any atom is 0.157 e. The van der Waals surface area contributed by atoms with E-state index in [2.05, 4.69) is 0 Å². The van der Waals surface area contributed by atoms with Crippen LogP contribution in [0, 0.1) is 0 Å². The number of carbonyl (C=O) groups excluding carboxylic acids is 2. The zero-order chi connectivity index (χ0) is 12.3. The maximum atomic E-state index is 11.2. The van der Waals surface area contributed by atoms with Crippen LogP contribution < -0.4 is 7.69 Å². The van der Waals surface area contributed by atoms with Gasteiger partial charge in [-0.2, -0.15) is 0 Å². The van der Waals surface area contributed by atoms with Gasteiger partial charge in [0, 0.05) is 11.1 Å². The molecule has 1 heterocycles. The maximum absolute atomic E-state index is 11.2. The van der Waals surface area contributed by atoms with Crippen LogP contribution in [0.15, 0.2) is 0 Å². The molecule has 0 radical (unpaired) electrons. The molecule has 1 aromatic heterocycles. The van der Waals surface area contributed by atoms with Gasteiger partial charge in [-0.1, -0.05) is 41.4 Å². The minimum absolute atomic E-state index is 0.104. The van der Waals surface area contributed by atoms with E-state index in [1.165, 1.54) is 0 Å². The summed E-state index contributed by atoms with van der Waals surface area (Å²) in [6.07, 6.45) is 0. The molecule has 16 heavy (non-hydrogen) atoms. The zero-order valence-corrected chi connectivity index (χ0v) is 12.7. The molecule has 0 spiro atoms. The Morgan fingerprint density at radius 1 is 0.688 bits per heavy atom. The lowest BCUT2D eigenvalue weighted by Gasteiger charge is -1.93. The summed E-state index contributed by atoms with van der Waals surface area (Å²) >= 11 is 0. The van der Waals surface area contributed by atoms with Crippen LogP contribution in [0.2, 0.25) is 0 Å². The average molecular weight is 292 g/mol. The van der Waals surface area contributed by atoms with Gasteiger partial charge in [-0.25, -0.2) is 0 Å². The Kier molecular flexibility index (Phi) is 5.04. The van der Waals surface area contributed by atoms with Crippen LogP contribution in [0.4, 0.5) is 0 Å². The van der Waals surface area contributed by atoms with Crippen LogP contribution in [0.5, 0.6) is 0 Å². The van der Waals surface area contributed by atoms with Crippen molar-refractivity contribution in [3.05, 3.63) is 7.69 Å². The number of hydrogen-bond acceptors (Lipinski definition) is 6. The van der Waals surface area contributed by atoms with Gasteiger partial charge >= 0.3 is 0 Å². The van der Waals surface area contributed by atoms with Crippen LogP contribution in [-0.2, 0) is 9.59 Å². The molecule has 0 aromatic carbocycles. The standard InChI is InChI=1S/C10H12O2S4/c1-5(7(3)11)9-13-15-10(16-14-9)6(2)8(4)12/h1-4H3. The lowest BCUT2D eigenvalue weighted by atomic mass is 10.2. The van der Waals surface area contributed by atoms with Crippen molar-refractivity contribution in [3.63, 3.8) is 0 Å². The Bertz CT molecular complexity index is 488. The quantitative estimate of drug-likeness (QED) is 0.785. The van der Waals surface area contributed by atoms with Crippen LogP contribution in [-0.4, -0.2) is 11.6 Å². The van der Waals surface area contributed by atoms with Gasteiger partial charge in [0.1, 0.15) is 7.69 Å². The molecular weight excluding hydrogens is 280 g/mol. The second-order valence-corrected chi connectivity index (χ2v) is 8.09. The molecule has 0 aliphatic rings. The molecule has 0 amide bonds. The van der Waals surface area contributed by atoms with E-state index in [1.54, 1.807) is 55.2 Å². The van der Waals surface area contributed by atoms with Crippen molar-refractivity contribution in [2.24, 2.45) is 0 Å². The van der Waals surface area contributed by atoms with Gasteiger partial charge in [-0.3, -0.25) is 9.59 Å². The largest absolute Gasteiger partial charge is 0.295 e. The second-order valence-electron chi connectivity index (χ2n) is 3.27. The smallest absolute Gasteiger partial charge is 0.157 e. The minimum atomic E-state index is 0.104. The Labute approximate surface area is 109 Å². The van der Waals surface area contributed by atoms with Gasteiger partial charge < -0.3 is 0 Å². The van der Waals surface area contributed by atoms with E-state index < -0.39 is 0 Å². The number of carbonyl (C=O) groups is 2. The molecule has 1 aromatic rings. The lowest BCUT2D eigenvalue weighted by molar-refractivity contribution is -0.112. The SMILES string of the molecule is CC(=O)C(C)=c1ssc(=C(C)C(C)=O)ss1. The topological polar surface area (TPSA) is 34.1 Å². The predicted molar refractivity (Wildman–Crippen MR) is 74.4 cm³/mol. The third-order valence-corrected chi connectivity index (χ3v) is 8.82. The molecule has 0 aliphatic carbocycles. The van der Waals surface area contributed by atoms with Gasteiger partial charge in [0.2, 0.25) is 0 Å². The summed E-state index contributed by atoms with van der Waals surface area (Å²) in [6, 6.07) is 0. The van der Waals surface area contributed by atoms with E-state index >= 15 is 0 Å². The second kappa shape index (κ2) is 5.86. The number of Topliss-reactive ketones (excluding diaryl/α,β-unsaturated/α-hetero) is 2. The lowest BCUT2D eigenvalue weighted by Crippen LogP contribution is -2.06. The van der Waals surface area contributed by atoms with Gasteiger partial charge in [0.15, 0.2) is 11.6 Å². The Balaban J connectivity index is 3.41. The molecule has 0 saturated heterocycles. The summed E-state index contributed by atoms with van der Waals surface area (Å²) in [5.41, 5.74) is 1.60. The summed E-state index contributed by atoms with van der Waals surface area (Å²) in [7, 11) is 6.24. The van der Waals surface area contributed by atoms with E-state index in [0.717, 1.165) is 18.8 Å². The molecule has 0 bridgehead atoms. The Morgan fingerprint density at radius 3 is 1.12 bits per heavy atom. The third-order valence-electron chi connectivity index (χ3n) is 2.05. The Hall–Kier alpha value is -0.300. The predicted octanol–water partition coefficient (Wildman–Crippen LogP) is 2.58. The first-order valence-electron chi connectivity index (χ1n) is 4.56. The summed E-state index contributed by atoms with van der Waals surface area (Å²) < 4.78 is 2.06. The van der Waals surface area contributed by atoms with E-state index in [4.69, 9.17) is 0 Å². The summed E-state index contributed by atoms with van der Waals surface area (Å²) in [5.74, 6) is 0.207. The molecule has 0 saturated carbocycles. The van der Waals surface area contributed by atoms with Gasteiger partial charge in [0.25, 0.3) is 0 Å². The molecule has 2 nitrogen and oxygen atoms in total. The molecule has 88 valence electrons. The van der Waals surface area contributed by atoms with Crippen molar-refractivity contribution in [1.82, 2.24) is 0 Å². The highest BCUT2D eigenvalue weighted by atomic mass is 32.9. The summed E-state index contributed by atoms with van der Waals surface area (Å²) in [6.45, 7) is 6.83. The first kappa shape index (κ1) is 13.8. The van der Waals surface area contributed by atoms with Crippen molar-refractivity contribution in [2.45, 2.75) is 27.7 Å². The fraction of sp³-hybridized carbons (Fsp3) is 0.400. The molecule has 0 fully saturated rings.